The number of nitrogens with zero attached hydrogens (tertiary/aromatic N) is 2. The molecular weight excluding hydrogens is 322 g/mol. The Morgan fingerprint density at radius 1 is 1.44 bits per heavy atom. The molecule has 0 unspecified atom stereocenters. The van der Waals surface area contributed by atoms with Crippen molar-refractivity contribution in [3.05, 3.63) is 17.5 Å². The van der Waals surface area contributed by atoms with E-state index in [1.807, 2.05) is 20.8 Å². The van der Waals surface area contributed by atoms with Crippen molar-refractivity contribution in [1.82, 2.24) is 15.4 Å². The van der Waals surface area contributed by atoms with Gasteiger partial charge in [0, 0.05) is 25.6 Å². The standard InChI is InChI=1S/C18H27N3O4/c1-10(2)16(15-6-11(3)20-25-15)18(24)21-9-13(22)7-14(21)17(23)19-8-12-4-5-12/h6,10,12-14,16,22H,4-5,7-9H2,1-3H3,(H,19,23)/t13-,14+,16-/m1/s1. The third-order valence-corrected chi connectivity index (χ3v) is 5.01. The zero-order valence-electron chi connectivity index (χ0n) is 15.1. The lowest BCUT2D eigenvalue weighted by atomic mass is 9.91. The van der Waals surface area contributed by atoms with Gasteiger partial charge in [0.25, 0.3) is 0 Å². The average Bonchev–Trinajstić information content (AvgIpc) is 3.16. The summed E-state index contributed by atoms with van der Waals surface area (Å²) in [6.45, 7) is 6.52. The Balaban J connectivity index is 1.75. The van der Waals surface area contributed by atoms with Gasteiger partial charge in [0.15, 0.2) is 0 Å². The minimum Gasteiger partial charge on any atom is -0.391 e. The van der Waals surface area contributed by atoms with Crippen LogP contribution in [0.2, 0.25) is 0 Å². The molecule has 138 valence electrons. The van der Waals surface area contributed by atoms with Crippen LogP contribution in [0.4, 0.5) is 0 Å². The number of aliphatic hydroxyl groups is 1. The number of amides is 2. The molecule has 3 rings (SSSR count). The van der Waals surface area contributed by atoms with Gasteiger partial charge in [-0.15, -0.1) is 0 Å². The topological polar surface area (TPSA) is 95.7 Å². The lowest BCUT2D eigenvalue weighted by molar-refractivity contribution is -0.140. The molecule has 1 aromatic rings. The molecule has 2 N–H and O–H groups in total. The van der Waals surface area contributed by atoms with E-state index >= 15 is 0 Å². The Hall–Kier alpha value is -1.89. The maximum Gasteiger partial charge on any atom is 0.242 e. The van der Waals surface area contributed by atoms with Crippen molar-refractivity contribution in [1.29, 1.82) is 0 Å². The number of β-amino-alcohol motifs (C(OH)–C–C–N with tert-alkyl or cyclic N) is 1. The summed E-state index contributed by atoms with van der Waals surface area (Å²) in [6.07, 6.45) is 1.90. The molecule has 0 spiro atoms. The molecule has 2 heterocycles. The molecule has 1 aliphatic heterocycles. The molecule has 3 atom stereocenters. The Kier molecular flexibility index (Phi) is 5.13. The molecule has 7 heteroatoms. The molecule has 1 aromatic heterocycles. The molecule has 1 saturated heterocycles. The van der Waals surface area contributed by atoms with Crippen LogP contribution in [0.3, 0.4) is 0 Å². The minimum absolute atomic E-state index is 0.00670. The summed E-state index contributed by atoms with van der Waals surface area (Å²) in [4.78, 5) is 27.2. The van der Waals surface area contributed by atoms with E-state index in [4.69, 9.17) is 4.52 Å². The van der Waals surface area contributed by atoms with E-state index < -0.39 is 18.1 Å². The molecule has 2 fully saturated rings. The van der Waals surface area contributed by atoms with Crippen molar-refractivity contribution in [2.24, 2.45) is 11.8 Å². The maximum absolute atomic E-state index is 13.2. The largest absolute Gasteiger partial charge is 0.391 e. The highest BCUT2D eigenvalue weighted by Gasteiger charge is 2.43. The fraction of sp³-hybridized carbons (Fsp3) is 0.722. The Morgan fingerprint density at radius 2 is 2.16 bits per heavy atom. The SMILES string of the molecule is Cc1cc([C@H](C(=O)N2C[C@H](O)C[C@H]2C(=O)NCC2CC2)C(C)C)on1. The van der Waals surface area contributed by atoms with Crippen molar-refractivity contribution in [3.8, 4) is 0 Å². The van der Waals surface area contributed by atoms with E-state index in [1.165, 1.54) is 4.90 Å². The monoisotopic (exact) mass is 349 g/mol. The quantitative estimate of drug-likeness (QED) is 0.805. The first-order valence-corrected chi connectivity index (χ1v) is 9.06. The van der Waals surface area contributed by atoms with Gasteiger partial charge in [-0.05, 0) is 31.6 Å². The number of likely N-dealkylation sites (tertiary alicyclic amines) is 1. The number of carbonyl (C=O) groups excluding carboxylic acids is 2. The molecule has 0 aromatic carbocycles. The van der Waals surface area contributed by atoms with Gasteiger partial charge < -0.3 is 19.8 Å². The Labute approximate surface area is 147 Å². The summed E-state index contributed by atoms with van der Waals surface area (Å²) in [5, 5.41) is 16.8. The predicted molar refractivity (Wildman–Crippen MR) is 90.7 cm³/mol. The highest BCUT2D eigenvalue weighted by molar-refractivity contribution is 5.91. The van der Waals surface area contributed by atoms with Crippen LogP contribution in [0.5, 0.6) is 0 Å². The number of aliphatic hydroxyl groups excluding tert-OH is 1. The number of rotatable bonds is 6. The van der Waals surface area contributed by atoms with Crippen LogP contribution in [-0.4, -0.2) is 52.2 Å². The molecule has 7 nitrogen and oxygen atoms in total. The number of aromatic nitrogens is 1. The van der Waals surface area contributed by atoms with Gasteiger partial charge in [-0.2, -0.15) is 0 Å². The fourth-order valence-electron chi connectivity index (χ4n) is 3.43. The summed E-state index contributed by atoms with van der Waals surface area (Å²) >= 11 is 0. The zero-order valence-corrected chi connectivity index (χ0v) is 15.1. The van der Waals surface area contributed by atoms with E-state index in [-0.39, 0.29) is 30.7 Å². The van der Waals surface area contributed by atoms with Crippen molar-refractivity contribution >= 4 is 11.8 Å². The first-order valence-electron chi connectivity index (χ1n) is 9.06. The van der Waals surface area contributed by atoms with Crippen LogP contribution in [0.15, 0.2) is 10.6 Å². The van der Waals surface area contributed by atoms with Crippen LogP contribution in [0.25, 0.3) is 0 Å². The normalized spacial score (nSPS) is 24.6. The average molecular weight is 349 g/mol. The van der Waals surface area contributed by atoms with Crippen molar-refractivity contribution < 1.29 is 19.2 Å². The predicted octanol–water partition coefficient (Wildman–Crippen LogP) is 1.21. The van der Waals surface area contributed by atoms with Gasteiger partial charge >= 0.3 is 0 Å². The molecule has 25 heavy (non-hydrogen) atoms. The van der Waals surface area contributed by atoms with Crippen molar-refractivity contribution in [2.75, 3.05) is 13.1 Å². The number of hydrogen-bond donors (Lipinski definition) is 2. The van der Waals surface area contributed by atoms with Gasteiger partial charge in [-0.3, -0.25) is 9.59 Å². The van der Waals surface area contributed by atoms with Gasteiger partial charge in [0.1, 0.15) is 17.7 Å². The molecule has 2 aliphatic rings. The molecule has 2 amide bonds. The first kappa shape index (κ1) is 17.9. The Morgan fingerprint density at radius 3 is 2.72 bits per heavy atom. The smallest absolute Gasteiger partial charge is 0.242 e. The second-order valence-electron chi connectivity index (χ2n) is 7.68. The van der Waals surface area contributed by atoms with E-state index in [0.717, 1.165) is 12.8 Å². The van der Waals surface area contributed by atoms with Crippen molar-refractivity contribution in [2.45, 2.75) is 58.1 Å². The van der Waals surface area contributed by atoms with Crippen LogP contribution >= 0.6 is 0 Å². The summed E-state index contributed by atoms with van der Waals surface area (Å²) in [6, 6.07) is 1.14. The second kappa shape index (κ2) is 7.15. The number of aryl methyl sites for hydroxylation is 1. The number of carbonyl (C=O) groups is 2. The second-order valence-corrected chi connectivity index (χ2v) is 7.68. The summed E-state index contributed by atoms with van der Waals surface area (Å²) < 4.78 is 5.32. The van der Waals surface area contributed by atoms with Gasteiger partial charge in [0.05, 0.1) is 11.8 Å². The first-order chi connectivity index (χ1) is 11.9. The lowest BCUT2D eigenvalue weighted by Gasteiger charge is -2.28. The lowest BCUT2D eigenvalue weighted by Crippen LogP contribution is -2.48. The number of hydrogen-bond acceptors (Lipinski definition) is 5. The van der Waals surface area contributed by atoms with Crippen LogP contribution in [0.1, 0.15) is 50.5 Å². The summed E-state index contributed by atoms with van der Waals surface area (Å²) in [7, 11) is 0. The van der Waals surface area contributed by atoms with E-state index in [0.29, 0.717) is 23.9 Å². The van der Waals surface area contributed by atoms with E-state index in [9.17, 15) is 14.7 Å². The molecule has 1 saturated carbocycles. The Bertz CT molecular complexity index is 638. The zero-order chi connectivity index (χ0) is 18.1. The van der Waals surface area contributed by atoms with E-state index in [1.54, 1.807) is 6.07 Å². The van der Waals surface area contributed by atoms with Crippen LogP contribution in [-0.2, 0) is 9.59 Å². The highest BCUT2D eigenvalue weighted by Crippen LogP contribution is 2.31. The highest BCUT2D eigenvalue weighted by atomic mass is 16.5. The van der Waals surface area contributed by atoms with E-state index in [2.05, 4.69) is 10.5 Å². The van der Waals surface area contributed by atoms with Crippen molar-refractivity contribution in [3.63, 3.8) is 0 Å². The third-order valence-electron chi connectivity index (χ3n) is 5.01. The van der Waals surface area contributed by atoms with Crippen LogP contribution in [0, 0.1) is 18.8 Å². The number of nitrogens with one attached hydrogen (secondary N) is 1. The maximum atomic E-state index is 13.2. The molecule has 0 bridgehead atoms. The molecular formula is C18H27N3O4. The van der Waals surface area contributed by atoms with Gasteiger partial charge in [-0.25, -0.2) is 0 Å². The third kappa shape index (κ3) is 4.03. The summed E-state index contributed by atoms with van der Waals surface area (Å²) in [5.41, 5.74) is 0.716. The molecule has 1 aliphatic carbocycles. The molecule has 0 radical (unpaired) electrons. The van der Waals surface area contributed by atoms with Crippen LogP contribution < -0.4 is 5.32 Å². The fourth-order valence-corrected chi connectivity index (χ4v) is 3.43. The minimum atomic E-state index is -0.676. The van der Waals surface area contributed by atoms with Gasteiger partial charge in [-0.1, -0.05) is 19.0 Å². The summed E-state index contributed by atoms with van der Waals surface area (Å²) in [5.74, 6) is 0.205. The van der Waals surface area contributed by atoms with Gasteiger partial charge in [0.2, 0.25) is 11.8 Å².